The van der Waals surface area contributed by atoms with Crippen LogP contribution in [0, 0.1) is 12.8 Å². The fraction of sp³-hybridized carbons (Fsp3) is 0.500. The average Bonchev–Trinajstić information content (AvgIpc) is 3.17. The third-order valence-electron chi connectivity index (χ3n) is 4.57. The number of fused-ring (bicyclic) bond motifs is 1. The van der Waals surface area contributed by atoms with Gasteiger partial charge >= 0.3 is 0 Å². The van der Waals surface area contributed by atoms with Crippen molar-refractivity contribution in [3.63, 3.8) is 0 Å². The van der Waals surface area contributed by atoms with Crippen LogP contribution in [0.2, 0.25) is 0 Å². The fourth-order valence-electron chi connectivity index (χ4n) is 3.21. The van der Waals surface area contributed by atoms with Gasteiger partial charge in [-0.2, -0.15) is 0 Å². The van der Waals surface area contributed by atoms with E-state index in [4.69, 9.17) is 9.72 Å². The number of hydrogen-bond donors (Lipinski definition) is 0. The maximum atomic E-state index is 6.21. The molecule has 0 amide bonds. The van der Waals surface area contributed by atoms with Crippen LogP contribution >= 0.6 is 12.4 Å². The number of aryl methyl sites for hydroxylation is 1. The molecular formula is C18H23ClN2O. The summed E-state index contributed by atoms with van der Waals surface area (Å²) in [7, 11) is 0. The zero-order valence-electron chi connectivity index (χ0n) is 13.0. The van der Waals surface area contributed by atoms with Crippen molar-refractivity contribution >= 4 is 29.0 Å². The zero-order chi connectivity index (χ0) is 14.2. The molecule has 2 aromatic rings. The van der Waals surface area contributed by atoms with Gasteiger partial charge in [-0.25, -0.2) is 4.98 Å². The molecule has 1 aromatic carbocycles. The highest BCUT2D eigenvalue weighted by atomic mass is 35.5. The summed E-state index contributed by atoms with van der Waals surface area (Å²) in [4.78, 5) is 7.24. The van der Waals surface area contributed by atoms with Crippen LogP contribution in [0.1, 0.15) is 31.4 Å². The number of para-hydroxylation sites is 1. The van der Waals surface area contributed by atoms with Crippen molar-refractivity contribution in [2.75, 3.05) is 24.6 Å². The van der Waals surface area contributed by atoms with Crippen LogP contribution in [-0.4, -0.2) is 24.7 Å². The topological polar surface area (TPSA) is 25.4 Å². The van der Waals surface area contributed by atoms with Gasteiger partial charge in [0.1, 0.15) is 0 Å². The van der Waals surface area contributed by atoms with E-state index < -0.39 is 0 Å². The smallest absolute Gasteiger partial charge is 0.164 e. The summed E-state index contributed by atoms with van der Waals surface area (Å²) >= 11 is 0. The van der Waals surface area contributed by atoms with Crippen molar-refractivity contribution in [2.24, 2.45) is 5.92 Å². The summed E-state index contributed by atoms with van der Waals surface area (Å²) < 4.78 is 6.21. The van der Waals surface area contributed by atoms with Crippen molar-refractivity contribution in [2.45, 2.75) is 32.6 Å². The molecule has 1 aromatic heterocycles. The van der Waals surface area contributed by atoms with Gasteiger partial charge in [-0.05, 0) is 44.6 Å². The Labute approximate surface area is 138 Å². The highest BCUT2D eigenvalue weighted by Gasteiger charge is 2.26. The number of hydrogen-bond acceptors (Lipinski definition) is 3. The molecule has 4 heteroatoms. The van der Waals surface area contributed by atoms with Crippen molar-refractivity contribution < 1.29 is 4.74 Å². The van der Waals surface area contributed by atoms with Gasteiger partial charge in [-0.15, -0.1) is 12.4 Å². The SMILES string of the molecule is Cc1nc2ccccc2c(N2CCCC2)c1OCC1CC1.Cl. The van der Waals surface area contributed by atoms with Crippen LogP contribution in [-0.2, 0) is 0 Å². The predicted molar refractivity (Wildman–Crippen MR) is 93.4 cm³/mol. The molecule has 0 spiro atoms. The van der Waals surface area contributed by atoms with Crippen molar-refractivity contribution in [3.05, 3.63) is 30.0 Å². The first-order valence-corrected chi connectivity index (χ1v) is 8.10. The quantitative estimate of drug-likeness (QED) is 0.837. The van der Waals surface area contributed by atoms with Crippen molar-refractivity contribution in [1.29, 1.82) is 0 Å². The summed E-state index contributed by atoms with van der Waals surface area (Å²) in [5.74, 6) is 1.78. The average molecular weight is 319 g/mol. The Balaban J connectivity index is 0.00000144. The lowest BCUT2D eigenvalue weighted by molar-refractivity contribution is 0.297. The normalized spacial score (nSPS) is 17.6. The molecule has 1 saturated heterocycles. The number of halogens is 1. The Bertz CT molecular complexity index is 663. The van der Waals surface area contributed by atoms with E-state index in [1.165, 1.54) is 36.8 Å². The molecule has 1 aliphatic heterocycles. The second-order valence-corrected chi connectivity index (χ2v) is 6.34. The first kappa shape index (κ1) is 15.4. The van der Waals surface area contributed by atoms with E-state index in [1.54, 1.807) is 0 Å². The molecule has 2 heterocycles. The Morgan fingerprint density at radius 2 is 1.91 bits per heavy atom. The molecule has 4 rings (SSSR count). The standard InChI is InChI=1S/C18H22N2O.ClH/c1-13-18(21-12-14-8-9-14)17(20-10-4-5-11-20)15-6-2-3-7-16(15)19-13;/h2-3,6-7,14H,4-5,8-12H2,1H3;1H. The van der Waals surface area contributed by atoms with E-state index in [-0.39, 0.29) is 12.4 Å². The van der Waals surface area contributed by atoms with Crippen LogP contribution in [0.4, 0.5) is 5.69 Å². The third-order valence-corrected chi connectivity index (χ3v) is 4.57. The van der Waals surface area contributed by atoms with Gasteiger partial charge in [0.2, 0.25) is 0 Å². The third kappa shape index (κ3) is 2.87. The number of pyridine rings is 1. The summed E-state index contributed by atoms with van der Waals surface area (Å²) in [6, 6.07) is 8.45. The second-order valence-electron chi connectivity index (χ2n) is 6.34. The molecule has 0 unspecified atom stereocenters. The van der Waals surface area contributed by atoms with Gasteiger partial charge in [0.05, 0.1) is 23.5 Å². The Hall–Kier alpha value is -1.48. The second kappa shape index (κ2) is 6.33. The molecule has 118 valence electrons. The van der Waals surface area contributed by atoms with E-state index >= 15 is 0 Å². The van der Waals surface area contributed by atoms with Crippen LogP contribution < -0.4 is 9.64 Å². The maximum Gasteiger partial charge on any atom is 0.164 e. The maximum absolute atomic E-state index is 6.21. The first-order chi connectivity index (χ1) is 10.3. The fourth-order valence-corrected chi connectivity index (χ4v) is 3.21. The molecular weight excluding hydrogens is 296 g/mol. The molecule has 0 atom stereocenters. The van der Waals surface area contributed by atoms with Gasteiger partial charge in [0.25, 0.3) is 0 Å². The minimum absolute atomic E-state index is 0. The minimum atomic E-state index is 0. The van der Waals surface area contributed by atoms with Crippen LogP contribution in [0.5, 0.6) is 5.75 Å². The number of rotatable bonds is 4. The Morgan fingerprint density at radius 1 is 1.18 bits per heavy atom. The lowest BCUT2D eigenvalue weighted by Gasteiger charge is -2.24. The van der Waals surface area contributed by atoms with E-state index in [2.05, 4.69) is 36.1 Å². The summed E-state index contributed by atoms with van der Waals surface area (Å²) in [5.41, 5.74) is 3.38. The predicted octanol–water partition coefficient (Wildman–Crippen LogP) is 4.35. The van der Waals surface area contributed by atoms with Gasteiger partial charge in [-0.3, -0.25) is 0 Å². The monoisotopic (exact) mass is 318 g/mol. The first-order valence-electron chi connectivity index (χ1n) is 8.10. The lowest BCUT2D eigenvalue weighted by Crippen LogP contribution is -2.20. The number of benzene rings is 1. The lowest BCUT2D eigenvalue weighted by atomic mass is 10.1. The summed E-state index contributed by atoms with van der Waals surface area (Å²) in [6.45, 7) is 5.19. The summed E-state index contributed by atoms with van der Waals surface area (Å²) in [5, 5.41) is 1.23. The molecule has 2 fully saturated rings. The highest BCUT2D eigenvalue weighted by molar-refractivity contribution is 5.95. The van der Waals surface area contributed by atoms with Crippen LogP contribution in [0.25, 0.3) is 10.9 Å². The molecule has 0 N–H and O–H groups in total. The summed E-state index contributed by atoms with van der Waals surface area (Å²) in [6.07, 6.45) is 5.19. The highest BCUT2D eigenvalue weighted by Crippen LogP contribution is 2.40. The van der Waals surface area contributed by atoms with Gasteiger partial charge < -0.3 is 9.64 Å². The van der Waals surface area contributed by atoms with Crippen molar-refractivity contribution in [1.82, 2.24) is 4.98 Å². The van der Waals surface area contributed by atoms with Gasteiger partial charge in [-0.1, -0.05) is 18.2 Å². The minimum Gasteiger partial charge on any atom is -0.489 e. The van der Waals surface area contributed by atoms with E-state index in [1.807, 2.05) is 0 Å². The van der Waals surface area contributed by atoms with E-state index in [0.717, 1.165) is 42.6 Å². The Kier molecular flexibility index (Phi) is 4.44. The van der Waals surface area contributed by atoms with E-state index in [0.29, 0.717) is 0 Å². The zero-order valence-corrected chi connectivity index (χ0v) is 13.9. The molecule has 0 bridgehead atoms. The number of aromatic nitrogens is 1. The molecule has 1 aliphatic carbocycles. The number of nitrogens with zero attached hydrogens (tertiary/aromatic N) is 2. The Morgan fingerprint density at radius 3 is 2.64 bits per heavy atom. The van der Waals surface area contributed by atoms with Crippen molar-refractivity contribution in [3.8, 4) is 5.75 Å². The molecule has 2 aliphatic rings. The largest absolute Gasteiger partial charge is 0.489 e. The molecule has 0 radical (unpaired) electrons. The molecule has 22 heavy (non-hydrogen) atoms. The molecule has 1 saturated carbocycles. The van der Waals surface area contributed by atoms with Crippen LogP contribution in [0.15, 0.2) is 24.3 Å². The molecule has 3 nitrogen and oxygen atoms in total. The number of ether oxygens (including phenoxy) is 1. The van der Waals surface area contributed by atoms with Gasteiger partial charge in [0, 0.05) is 18.5 Å². The number of anilines is 1. The van der Waals surface area contributed by atoms with Crippen LogP contribution in [0.3, 0.4) is 0 Å². The van der Waals surface area contributed by atoms with E-state index in [9.17, 15) is 0 Å². The van der Waals surface area contributed by atoms with Gasteiger partial charge in [0.15, 0.2) is 5.75 Å².